The minimum absolute atomic E-state index is 0.185. The topological polar surface area (TPSA) is 56.4 Å². The maximum absolute atomic E-state index is 12.2. The number of rotatable bonds is 3. The highest BCUT2D eigenvalue weighted by Gasteiger charge is 2.22. The molecule has 1 aliphatic rings. The number of H-pyrrole nitrogens is 1. The Balaban J connectivity index is 2.02. The van der Waals surface area contributed by atoms with E-state index >= 15 is 0 Å². The first-order chi connectivity index (χ1) is 8.72. The molecule has 1 saturated heterocycles. The number of nitrogens with zero attached hydrogens (tertiary/aromatic N) is 2. The van der Waals surface area contributed by atoms with E-state index in [0.717, 1.165) is 19.6 Å². The van der Waals surface area contributed by atoms with Gasteiger partial charge in [0, 0.05) is 38.9 Å². The third-order valence-electron chi connectivity index (χ3n) is 3.10. The summed E-state index contributed by atoms with van der Waals surface area (Å²) >= 11 is 0. The van der Waals surface area contributed by atoms with Crippen molar-refractivity contribution in [3.05, 3.63) is 46.9 Å². The molecule has 2 rings (SSSR count). The normalized spacial score (nSPS) is 16.6. The fourth-order valence-electron chi connectivity index (χ4n) is 2.08. The molecule has 0 bridgehead atoms. The van der Waals surface area contributed by atoms with Gasteiger partial charge in [-0.2, -0.15) is 0 Å². The van der Waals surface area contributed by atoms with Gasteiger partial charge in [-0.3, -0.25) is 14.5 Å². The highest BCUT2D eigenvalue weighted by atomic mass is 16.2. The molecule has 0 unspecified atom stereocenters. The van der Waals surface area contributed by atoms with Crippen LogP contribution >= 0.6 is 0 Å². The monoisotopic (exact) mass is 247 g/mol. The minimum Gasteiger partial charge on any atom is -0.336 e. The van der Waals surface area contributed by atoms with Gasteiger partial charge in [0.15, 0.2) is 0 Å². The molecule has 0 spiro atoms. The Labute approximate surface area is 106 Å². The molecule has 1 amide bonds. The van der Waals surface area contributed by atoms with E-state index in [-0.39, 0.29) is 17.0 Å². The molecule has 0 aliphatic carbocycles. The van der Waals surface area contributed by atoms with E-state index < -0.39 is 0 Å². The summed E-state index contributed by atoms with van der Waals surface area (Å²) in [5.41, 5.74) is -0.106. The molecule has 5 heteroatoms. The van der Waals surface area contributed by atoms with Crippen LogP contribution in [-0.2, 0) is 0 Å². The molecule has 0 atom stereocenters. The van der Waals surface area contributed by atoms with Crippen LogP contribution in [0.1, 0.15) is 10.4 Å². The van der Waals surface area contributed by atoms with Crippen molar-refractivity contribution < 1.29 is 4.79 Å². The molecular weight excluding hydrogens is 230 g/mol. The van der Waals surface area contributed by atoms with Gasteiger partial charge in [-0.25, -0.2) is 0 Å². The number of piperazine rings is 1. The van der Waals surface area contributed by atoms with Crippen molar-refractivity contribution in [2.45, 2.75) is 0 Å². The number of carbonyl (C=O) groups is 1. The molecule has 96 valence electrons. The van der Waals surface area contributed by atoms with Crippen LogP contribution in [0, 0.1) is 0 Å². The standard InChI is InChI=1S/C13H17N3O2/c1-2-6-15-7-9-16(10-8-15)13(18)11-4-3-5-14-12(11)17/h2-5H,1,6-10H2,(H,14,17). The van der Waals surface area contributed by atoms with E-state index in [1.165, 1.54) is 6.20 Å². The first-order valence-corrected chi connectivity index (χ1v) is 6.02. The van der Waals surface area contributed by atoms with Crippen LogP contribution in [0.25, 0.3) is 0 Å². The van der Waals surface area contributed by atoms with Gasteiger partial charge in [0.2, 0.25) is 0 Å². The molecule has 0 saturated carbocycles. The van der Waals surface area contributed by atoms with Crippen molar-refractivity contribution in [3.8, 4) is 0 Å². The van der Waals surface area contributed by atoms with Gasteiger partial charge in [-0.05, 0) is 12.1 Å². The summed E-state index contributed by atoms with van der Waals surface area (Å²) in [6, 6.07) is 3.24. The maximum atomic E-state index is 12.2. The number of aromatic nitrogens is 1. The summed E-state index contributed by atoms with van der Waals surface area (Å²) in [5, 5.41) is 0. The van der Waals surface area contributed by atoms with E-state index in [1.54, 1.807) is 17.0 Å². The van der Waals surface area contributed by atoms with Crippen LogP contribution in [0.2, 0.25) is 0 Å². The van der Waals surface area contributed by atoms with Gasteiger partial charge in [0.25, 0.3) is 11.5 Å². The largest absolute Gasteiger partial charge is 0.336 e. The summed E-state index contributed by atoms with van der Waals surface area (Å²) in [5.74, 6) is -0.185. The quantitative estimate of drug-likeness (QED) is 0.783. The predicted molar refractivity (Wildman–Crippen MR) is 69.6 cm³/mol. The molecule has 1 aromatic heterocycles. The lowest BCUT2D eigenvalue weighted by atomic mass is 10.2. The van der Waals surface area contributed by atoms with E-state index in [1.807, 2.05) is 6.08 Å². The van der Waals surface area contributed by atoms with Gasteiger partial charge >= 0.3 is 0 Å². The van der Waals surface area contributed by atoms with Crippen molar-refractivity contribution in [2.24, 2.45) is 0 Å². The van der Waals surface area contributed by atoms with Gasteiger partial charge in [-0.15, -0.1) is 6.58 Å². The minimum atomic E-state index is -0.323. The molecule has 1 aliphatic heterocycles. The number of nitrogens with one attached hydrogen (secondary N) is 1. The molecule has 1 fully saturated rings. The number of pyridine rings is 1. The second-order valence-electron chi connectivity index (χ2n) is 4.29. The van der Waals surface area contributed by atoms with Crippen molar-refractivity contribution in [1.82, 2.24) is 14.8 Å². The maximum Gasteiger partial charge on any atom is 0.260 e. The number of hydrogen-bond acceptors (Lipinski definition) is 3. The average molecular weight is 247 g/mol. The van der Waals surface area contributed by atoms with Crippen LogP contribution in [0.3, 0.4) is 0 Å². The van der Waals surface area contributed by atoms with Crippen LogP contribution in [-0.4, -0.2) is 53.4 Å². The Morgan fingerprint density at radius 1 is 1.39 bits per heavy atom. The molecule has 1 N–H and O–H groups in total. The Bertz CT molecular complexity index is 487. The summed E-state index contributed by atoms with van der Waals surface area (Å²) in [7, 11) is 0. The molecular formula is C13H17N3O2. The first kappa shape index (κ1) is 12.6. The van der Waals surface area contributed by atoms with E-state index in [2.05, 4.69) is 16.5 Å². The molecule has 18 heavy (non-hydrogen) atoms. The highest BCUT2D eigenvalue weighted by Crippen LogP contribution is 2.05. The molecule has 5 nitrogen and oxygen atoms in total. The molecule has 0 aromatic carbocycles. The lowest BCUT2D eigenvalue weighted by Crippen LogP contribution is -2.49. The predicted octanol–water partition coefficient (Wildman–Crippen LogP) is 0.319. The number of amides is 1. The molecule has 2 heterocycles. The van der Waals surface area contributed by atoms with Crippen molar-refractivity contribution >= 4 is 5.91 Å². The zero-order chi connectivity index (χ0) is 13.0. The second-order valence-corrected chi connectivity index (χ2v) is 4.29. The average Bonchev–Trinajstić information content (AvgIpc) is 2.40. The van der Waals surface area contributed by atoms with Crippen molar-refractivity contribution in [3.63, 3.8) is 0 Å². The van der Waals surface area contributed by atoms with Crippen LogP contribution < -0.4 is 5.56 Å². The van der Waals surface area contributed by atoms with Crippen molar-refractivity contribution in [2.75, 3.05) is 32.7 Å². The Hall–Kier alpha value is -1.88. The van der Waals surface area contributed by atoms with Gasteiger partial charge < -0.3 is 9.88 Å². The third kappa shape index (κ3) is 2.68. The second kappa shape index (κ2) is 5.64. The summed E-state index contributed by atoms with van der Waals surface area (Å²) in [6.45, 7) is 7.49. The SMILES string of the molecule is C=CCN1CCN(C(=O)c2ccc[nH]c2=O)CC1. The zero-order valence-electron chi connectivity index (χ0n) is 10.3. The van der Waals surface area contributed by atoms with Gasteiger partial charge in [0.05, 0.1) is 0 Å². The lowest BCUT2D eigenvalue weighted by molar-refractivity contribution is 0.0648. The van der Waals surface area contributed by atoms with Gasteiger partial charge in [0.1, 0.15) is 5.56 Å². The molecule has 0 radical (unpaired) electrons. The fraction of sp³-hybridized carbons (Fsp3) is 0.385. The van der Waals surface area contributed by atoms with Crippen LogP contribution in [0.15, 0.2) is 35.8 Å². The number of aromatic amines is 1. The van der Waals surface area contributed by atoms with Crippen LogP contribution in [0.4, 0.5) is 0 Å². The van der Waals surface area contributed by atoms with Crippen LogP contribution in [0.5, 0.6) is 0 Å². The molecule has 1 aromatic rings. The van der Waals surface area contributed by atoms with E-state index in [9.17, 15) is 9.59 Å². The zero-order valence-corrected chi connectivity index (χ0v) is 10.3. The highest BCUT2D eigenvalue weighted by molar-refractivity contribution is 5.93. The summed E-state index contributed by atoms with van der Waals surface area (Å²) in [4.78, 5) is 30.2. The fourth-order valence-corrected chi connectivity index (χ4v) is 2.08. The summed E-state index contributed by atoms with van der Waals surface area (Å²) in [6.07, 6.45) is 3.39. The third-order valence-corrected chi connectivity index (χ3v) is 3.10. The van der Waals surface area contributed by atoms with Gasteiger partial charge in [-0.1, -0.05) is 6.08 Å². The van der Waals surface area contributed by atoms with Crippen molar-refractivity contribution in [1.29, 1.82) is 0 Å². The Morgan fingerprint density at radius 2 is 2.11 bits per heavy atom. The Kier molecular flexibility index (Phi) is 3.94. The summed E-state index contributed by atoms with van der Waals surface area (Å²) < 4.78 is 0. The smallest absolute Gasteiger partial charge is 0.260 e. The Morgan fingerprint density at radius 3 is 2.72 bits per heavy atom. The van der Waals surface area contributed by atoms with E-state index in [0.29, 0.717) is 13.1 Å². The lowest BCUT2D eigenvalue weighted by Gasteiger charge is -2.33. The van der Waals surface area contributed by atoms with E-state index in [4.69, 9.17) is 0 Å². The number of hydrogen-bond donors (Lipinski definition) is 1. The number of carbonyl (C=O) groups excluding carboxylic acids is 1. The first-order valence-electron chi connectivity index (χ1n) is 6.02.